The number of Topliss-reactive ketones (excluding diaryl/α,β-unsaturated/α-hetero) is 1. The first-order valence-corrected chi connectivity index (χ1v) is 6.09. The van der Waals surface area contributed by atoms with Crippen LogP contribution in [-0.2, 0) is 16.5 Å². The molecular formula is C12H15BrO2. The second-order valence-corrected chi connectivity index (χ2v) is 3.99. The Kier molecular flexibility index (Phi) is 4.82. The lowest BCUT2D eigenvalue weighted by Crippen LogP contribution is -1.99. The lowest BCUT2D eigenvalue weighted by Gasteiger charge is -2.08. The molecule has 2 nitrogen and oxygen atoms in total. The second-order valence-electron chi connectivity index (χ2n) is 3.43. The van der Waals surface area contributed by atoms with Crippen LogP contribution in [0.3, 0.4) is 0 Å². The van der Waals surface area contributed by atoms with Crippen molar-refractivity contribution in [3.05, 3.63) is 29.3 Å². The highest BCUT2D eigenvalue weighted by Crippen LogP contribution is 2.19. The summed E-state index contributed by atoms with van der Waals surface area (Å²) in [6, 6.07) is 5.94. The molecule has 0 heterocycles. The molecule has 0 atom stereocenters. The van der Waals surface area contributed by atoms with Gasteiger partial charge in [-0.1, -0.05) is 22.0 Å². The minimum atomic E-state index is 0.171. The maximum absolute atomic E-state index is 11.0. The van der Waals surface area contributed by atoms with Crippen LogP contribution in [0.2, 0.25) is 0 Å². The van der Waals surface area contributed by atoms with Crippen molar-refractivity contribution in [2.24, 2.45) is 0 Å². The Morgan fingerprint density at radius 2 is 2.00 bits per heavy atom. The van der Waals surface area contributed by atoms with E-state index in [4.69, 9.17) is 4.74 Å². The minimum absolute atomic E-state index is 0.171. The first-order valence-electron chi connectivity index (χ1n) is 4.96. The molecule has 0 aliphatic carbocycles. The number of ketones is 1. The number of carbonyl (C=O) groups is 1. The molecule has 1 rings (SSSR count). The lowest BCUT2D eigenvalue weighted by atomic mass is 10.1. The number of benzene rings is 1. The van der Waals surface area contributed by atoms with Gasteiger partial charge < -0.3 is 4.74 Å². The van der Waals surface area contributed by atoms with Crippen molar-refractivity contribution in [1.29, 1.82) is 0 Å². The third-order valence-electron chi connectivity index (χ3n) is 1.94. The van der Waals surface area contributed by atoms with Gasteiger partial charge in [0.2, 0.25) is 0 Å². The fourth-order valence-corrected chi connectivity index (χ4v) is 1.77. The zero-order valence-corrected chi connectivity index (χ0v) is 10.6. The molecule has 3 heteroatoms. The first kappa shape index (κ1) is 12.2. The Hall–Kier alpha value is -0.830. The van der Waals surface area contributed by atoms with Crippen molar-refractivity contribution in [3.8, 4) is 5.75 Å². The summed E-state index contributed by atoms with van der Waals surface area (Å²) >= 11 is 3.40. The normalized spacial score (nSPS) is 10.1. The molecule has 0 fully saturated rings. The predicted molar refractivity (Wildman–Crippen MR) is 64.6 cm³/mol. The number of alkyl halides is 1. The van der Waals surface area contributed by atoms with E-state index in [0.29, 0.717) is 13.0 Å². The topological polar surface area (TPSA) is 26.3 Å². The minimum Gasteiger partial charge on any atom is -0.494 e. The summed E-state index contributed by atoms with van der Waals surface area (Å²) < 4.78 is 5.44. The van der Waals surface area contributed by atoms with Crippen LogP contribution in [0.5, 0.6) is 5.75 Å². The predicted octanol–water partition coefficient (Wildman–Crippen LogP) is 3.11. The summed E-state index contributed by atoms with van der Waals surface area (Å²) in [6.45, 7) is 4.19. The van der Waals surface area contributed by atoms with Crippen molar-refractivity contribution in [2.45, 2.75) is 25.6 Å². The van der Waals surface area contributed by atoms with Crippen molar-refractivity contribution in [2.75, 3.05) is 6.61 Å². The van der Waals surface area contributed by atoms with E-state index in [-0.39, 0.29) is 5.78 Å². The average molecular weight is 271 g/mol. The SMILES string of the molecule is CCOc1cc(CBr)cc(CC(C)=O)c1. The van der Waals surface area contributed by atoms with Gasteiger partial charge in [-0.15, -0.1) is 0 Å². The largest absolute Gasteiger partial charge is 0.494 e. The molecule has 0 unspecified atom stereocenters. The van der Waals surface area contributed by atoms with Crippen LogP contribution < -0.4 is 4.74 Å². The number of hydrogen-bond donors (Lipinski definition) is 0. The molecule has 0 saturated heterocycles. The Morgan fingerprint density at radius 1 is 1.33 bits per heavy atom. The van der Waals surface area contributed by atoms with Crippen molar-refractivity contribution in [3.63, 3.8) is 0 Å². The molecule has 0 amide bonds. The molecule has 15 heavy (non-hydrogen) atoms. The molecule has 1 aromatic rings. The maximum Gasteiger partial charge on any atom is 0.134 e. The van der Waals surface area contributed by atoms with Crippen molar-refractivity contribution in [1.82, 2.24) is 0 Å². The van der Waals surface area contributed by atoms with E-state index in [2.05, 4.69) is 15.9 Å². The first-order chi connectivity index (χ1) is 7.15. The Labute approximate surface area is 98.8 Å². The van der Waals surface area contributed by atoms with E-state index in [9.17, 15) is 4.79 Å². The second kappa shape index (κ2) is 5.91. The quantitative estimate of drug-likeness (QED) is 0.769. The summed E-state index contributed by atoms with van der Waals surface area (Å²) in [5.41, 5.74) is 2.15. The summed E-state index contributed by atoms with van der Waals surface area (Å²) in [7, 11) is 0. The molecule has 0 saturated carbocycles. The molecule has 82 valence electrons. The summed E-state index contributed by atoms with van der Waals surface area (Å²) in [6.07, 6.45) is 0.473. The smallest absolute Gasteiger partial charge is 0.134 e. The summed E-state index contributed by atoms with van der Waals surface area (Å²) in [5.74, 6) is 1.01. The van der Waals surface area contributed by atoms with Gasteiger partial charge in [0.25, 0.3) is 0 Å². The van der Waals surface area contributed by atoms with Gasteiger partial charge in [0.1, 0.15) is 11.5 Å². The van der Waals surface area contributed by atoms with Gasteiger partial charge in [0, 0.05) is 11.8 Å². The average Bonchev–Trinajstić information content (AvgIpc) is 2.16. The highest BCUT2D eigenvalue weighted by atomic mass is 79.9. The monoisotopic (exact) mass is 270 g/mol. The van der Waals surface area contributed by atoms with Crippen LogP contribution in [0, 0.1) is 0 Å². The van der Waals surface area contributed by atoms with Crippen LogP contribution in [-0.4, -0.2) is 12.4 Å². The Bertz CT molecular complexity index is 347. The zero-order chi connectivity index (χ0) is 11.3. The van der Waals surface area contributed by atoms with Crippen LogP contribution in [0.1, 0.15) is 25.0 Å². The van der Waals surface area contributed by atoms with Gasteiger partial charge >= 0.3 is 0 Å². The third kappa shape index (κ3) is 4.04. The lowest BCUT2D eigenvalue weighted by molar-refractivity contribution is -0.116. The van der Waals surface area contributed by atoms with Gasteiger partial charge in [0.15, 0.2) is 0 Å². The molecule has 1 aromatic carbocycles. The molecule has 0 aliphatic heterocycles. The number of rotatable bonds is 5. The Balaban J connectivity index is 2.94. The van der Waals surface area contributed by atoms with E-state index < -0.39 is 0 Å². The molecule has 0 aliphatic rings. The summed E-state index contributed by atoms with van der Waals surface area (Å²) in [5, 5.41) is 0.777. The molecule has 0 radical (unpaired) electrons. The standard InChI is InChI=1S/C12H15BrO2/c1-3-15-12-6-10(4-9(2)14)5-11(7-12)8-13/h5-7H,3-4,8H2,1-2H3. The highest BCUT2D eigenvalue weighted by molar-refractivity contribution is 9.08. The maximum atomic E-state index is 11.0. The molecule has 0 N–H and O–H groups in total. The van der Waals surface area contributed by atoms with E-state index >= 15 is 0 Å². The third-order valence-corrected chi connectivity index (χ3v) is 2.59. The van der Waals surface area contributed by atoms with E-state index in [1.807, 2.05) is 25.1 Å². The fourth-order valence-electron chi connectivity index (χ4n) is 1.45. The van der Waals surface area contributed by atoms with Crippen LogP contribution in [0.25, 0.3) is 0 Å². The van der Waals surface area contributed by atoms with E-state index in [1.165, 1.54) is 0 Å². The Morgan fingerprint density at radius 3 is 2.53 bits per heavy atom. The van der Waals surface area contributed by atoms with Gasteiger partial charge in [-0.2, -0.15) is 0 Å². The van der Waals surface area contributed by atoms with Gasteiger partial charge in [-0.25, -0.2) is 0 Å². The summed E-state index contributed by atoms with van der Waals surface area (Å²) in [4.78, 5) is 11.0. The van der Waals surface area contributed by atoms with Gasteiger partial charge in [-0.3, -0.25) is 4.79 Å². The van der Waals surface area contributed by atoms with Crippen LogP contribution in [0.15, 0.2) is 18.2 Å². The number of halogens is 1. The van der Waals surface area contributed by atoms with E-state index in [0.717, 1.165) is 22.2 Å². The molecular weight excluding hydrogens is 256 g/mol. The van der Waals surface area contributed by atoms with Crippen LogP contribution >= 0.6 is 15.9 Å². The van der Waals surface area contributed by atoms with Gasteiger partial charge in [-0.05, 0) is 37.1 Å². The van der Waals surface area contributed by atoms with Crippen molar-refractivity contribution < 1.29 is 9.53 Å². The highest BCUT2D eigenvalue weighted by Gasteiger charge is 2.03. The van der Waals surface area contributed by atoms with Crippen LogP contribution in [0.4, 0.5) is 0 Å². The number of ether oxygens (including phenoxy) is 1. The number of carbonyl (C=O) groups excluding carboxylic acids is 1. The molecule has 0 spiro atoms. The fraction of sp³-hybridized carbons (Fsp3) is 0.417. The van der Waals surface area contributed by atoms with Crippen molar-refractivity contribution >= 4 is 21.7 Å². The van der Waals surface area contributed by atoms with Gasteiger partial charge in [0.05, 0.1) is 6.61 Å². The number of hydrogen-bond acceptors (Lipinski definition) is 2. The molecule has 0 aromatic heterocycles. The zero-order valence-electron chi connectivity index (χ0n) is 9.05. The van der Waals surface area contributed by atoms with E-state index in [1.54, 1.807) is 6.92 Å². The molecule has 0 bridgehead atoms.